The molecule has 0 aliphatic rings. The van der Waals surface area contributed by atoms with Crippen LogP contribution in [0, 0.1) is 6.92 Å². The number of thiophene rings is 1. The minimum atomic E-state index is -0.634. The van der Waals surface area contributed by atoms with Gasteiger partial charge in [0, 0.05) is 10.9 Å². The lowest BCUT2D eigenvalue weighted by molar-refractivity contribution is 0.163. The van der Waals surface area contributed by atoms with Crippen molar-refractivity contribution in [2.75, 3.05) is 0 Å². The summed E-state index contributed by atoms with van der Waals surface area (Å²) in [5.74, 6) is 1.32. The molecule has 0 bridgehead atoms. The van der Waals surface area contributed by atoms with E-state index in [9.17, 15) is 5.11 Å². The van der Waals surface area contributed by atoms with Crippen LogP contribution < -0.4 is 0 Å². The molecule has 6 heteroatoms. The minimum absolute atomic E-state index is 0.482. The van der Waals surface area contributed by atoms with Gasteiger partial charge in [-0.1, -0.05) is 22.9 Å². The number of aryl methyl sites for hydroxylation is 1. The van der Waals surface area contributed by atoms with E-state index in [-0.39, 0.29) is 0 Å². The molecule has 1 N–H and O–H groups in total. The average Bonchev–Trinajstić information content (AvgIpc) is 3.15. The molecule has 0 aliphatic heterocycles. The molecule has 1 atom stereocenters. The van der Waals surface area contributed by atoms with Crippen LogP contribution in [0.1, 0.15) is 42.2 Å². The van der Waals surface area contributed by atoms with Crippen molar-refractivity contribution >= 4 is 27.3 Å². The highest BCUT2D eigenvalue weighted by Crippen LogP contribution is 2.23. The number of hydrogen-bond acceptors (Lipinski definition) is 4. The van der Waals surface area contributed by atoms with Crippen molar-refractivity contribution < 1.29 is 5.11 Å². The van der Waals surface area contributed by atoms with Crippen LogP contribution in [0.5, 0.6) is 0 Å². The molecule has 3 rings (SSSR count). The van der Waals surface area contributed by atoms with Gasteiger partial charge in [0.15, 0.2) is 5.82 Å². The Morgan fingerprint density at radius 1 is 1.35 bits per heavy atom. The zero-order valence-electron chi connectivity index (χ0n) is 13.0. The molecule has 0 amide bonds. The highest BCUT2D eigenvalue weighted by Gasteiger charge is 2.17. The van der Waals surface area contributed by atoms with Gasteiger partial charge in [0.25, 0.3) is 0 Å². The molecule has 2 aromatic heterocycles. The van der Waals surface area contributed by atoms with Crippen LogP contribution >= 0.6 is 27.3 Å². The van der Waals surface area contributed by atoms with Gasteiger partial charge in [0.05, 0.1) is 5.69 Å². The topological polar surface area (TPSA) is 50.9 Å². The second-order valence-corrected chi connectivity index (χ2v) is 7.21. The number of aliphatic hydroxyl groups is 1. The second-order valence-electron chi connectivity index (χ2n) is 5.52. The Labute approximate surface area is 147 Å². The van der Waals surface area contributed by atoms with E-state index < -0.39 is 6.10 Å². The standard InChI is InChI=1S/C17H18BrN3OS/c1-3-15(22)17-19-16(8-12-4-5-23-10-12)21(20-17)14-7-11(2)6-13(18)9-14/h4-7,9-10,15,22H,3,8H2,1-2H3. The largest absolute Gasteiger partial charge is 0.385 e. The molecule has 3 aromatic rings. The highest BCUT2D eigenvalue weighted by molar-refractivity contribution is 9.10. The number of hydrogen-bond donors (Lipinski definition) is 1. The van der Waals surface area contributed by atoms with Crippen molar-refractivity contribution in [2.24, 2.45) is 0 Å². The maximum Gasteiger partial charge on any atom is 0.179 e. The maximum atomic E-state index is 10.1. The van der Waals surface area contributed by atoms with Crippen molar-refractivity contribution in [3.8, 4) is 5.69 Å². The summed E-state index contributed by atoms with van der Waals surface area (Å²) >= 11 is 5.20. The smallest absolute Gasteiger partial charge is 0.179 e. The molecule has 4 nitrogen and oxygen atoms in total. The summed E-state index contributed by atoms with van der Waals surface area (Å²) in [6.07, 6.45) is 0.656. The molecule has 120 valence electrons. The number of aliphatic hydroxyl groups excluding tert-OH is 1. The Kier molecular flexibility index (Phi) is 4.94. The van der Waals surface area contributed by atoms with Gasteiger partial charge < -0.3 is 5.11 Å². The predicted molar refractivity (Wildman–Crippen MR) is 96.2 cm³/mol. The minimum Gasteiger partial charge on any atom is -0.385 e. The molecular formula is C17H18BrN3OS. The molecule has 1 unspecified atom stereocenters. The first kappa shape index (κ1) is 16.4. The summed E-state index contributed by atoms with van der Waals surface area (Å²) in [5.41, 5.74) is 3.29. The monoisotopic (exact) mass is 391 g/mol. The number of aromatic nitrogens is 3. The Balaban J connectivity index is 2.07. The molecule has 0 saturated carbocycles. The quantitative estimate of drug-likeness (QED) is 0.699. The van der Waals surface area contributed by atoms with Crippen molar-refractivity contribution in [3.63, 3.8) is 0 Å². The fourth-order valence-electron chi connectivity index (χ4n) is 2.42. The fraction of sp³-hybridized carbons (Fsp3) is 0.294. The summed E-state index contributed by atoms with van der Waals surface area (Å²) in [5, 5.41) is 18.8. The number of nitrogens with zero attached hydrogens (tertiary/aromatic N) is 3. The fourth-order valence-corrected chi connectivity index (χ4v) is 3.69. The summed E-state index contributed by atoms with van der Waals surface area (Å²) in [6.45, 7) is 3.97. The summed E-state index contributed by atoms with van der Waals surface area (Å²) in [6, 6.07) is 8.23. The van der Waals surface area contributed by atoms with E-state index in [0.717, 1.165) is 21.5 Å². The zero-order valence-corrected chi connectivity index (χ0v) is 15.4. The van der Waals surface area contributed by atoms with Crippen molar-refractivity contribution in [1.82, 2.24) is 14.8 Å². The zero-order chi connectivity index (χ0) is 16.4. The molecule has 23 heavy (non-hydrogen) atoms. The van der Waals surface area contributed by atoms with E-state index in [1.165, 1.54) is 5.56 Å². The summed E-state index contributed by atoms with van der Waals surface area (Å²) in [4.78, 5) is 4.58. The van der Waals surface area contributed by atoms with Gasteiger partial charge in [0.1, 0.15) is 11.9 Å². The first-order valence-corrected chi connectivity index (χ1v) is 9.23. The molecular weight excluding hydrogens is 374 g/mol. The van der Waals surface area contributed by atoms with Gasteiger partial charge in [0.2, 0.25) is 0 Å². The van der Waals surface area contributed by atoms with E-state index >= 15 is 0 Å². The Morgan fingerprint density at radius 2 is 2.17 bits per heavy atom. The van der Waals surface area contributed by atoms with Crippen LogP contribution in [0.15, 0.2) is 39.5 Å². The Hall–Kier alpha value is -1.50. The van der Waals surface area contributed by atoms with Crippen LogP contribution in [0.4, 0.5) is 0 Å². The number of halogens is 1. The van der Waals surface area contributed by atoms with Crippen LogP contribution in [0.2, 0.25) is 0 Å². The predicted octanol–water partition coefficient (Wildman–Crippen LogP) is 4.43. The molecule has 2 heterocycles. The van der Waals surface area contributed by atoms with Crippen LogP contribution in [0.25, 0.3) is 5.69 Å². The SMILES string of the molecule is CCC(O)c1nc(Cc2ccsc2)n(-c2cc(C)cc(Br)c2)n1. The van der Waals surface area contributed by atoms with Gasteiger partial charge in [-0.25, -0.2) is 9.67 Å². The third kappa shape index (κ3) is 3.71. The summed E-state index contributed by atoms with van der Waals surface area (Å²) in [7, 11) is 0. The molecule has 0 saturated heterocycles. The first-order valence-electron chi connectivity index (χ1n) is 7.49. The molecule has 1 aromatic carbocycles. The molecule has 0 spiro atoms. The lowest BCUT2D eigenvalue weighted by Crippen LogP contribution is -2.04. The van der Waals surface area contributed by atoms with Gasteiger partial charge in [-0.2, -0.15) is 11.3 Å². The van der Waals surface area contributed by atoms with Crippen LogP contribution in [-0.4, -0.2) is 19.9 Å². The average molecular weight is 392 g/mol. The Bertz CT molecular complexity index is 778. The number of benzene rings is 1. The molecule has 0 aliphatic carbocycles. The third-order valence-electron chi connectivity index (χ3n) is 3.59. The molecule has 0 radical (unpaired) electrons. The Morgan fingerprint density at radius 3 is 2.83 bits per heavy atom. The van der Waals surface area contributed by atoms with Gasteiger partial charge in [-0.15, -0.1) is 5.10 Å². The first-order chi connectivity index (χ1) is 11.1. The molecule has 0 fully saturated rings. The van der Waals surface area contributed by atoms with Crippen LogP contribution in [0.3, 0.4) is 0 Å². The normalized spacial score (nSPS) is 12.5. The van der Waals surface area contributed by atoms with Gasteiger partial charge in [-0.05, 0) is 59.5 Å². The van der Waals surface area contributed by atoms with E-state index in [1.54, 1.807) is 11.3 Å². The van der Waals surface area contributed by atoms with Crippen molar-refractivity contribution in [2.45, 2.75) is 32.8 Å². The lowest BCUT2D eigenvalue weighted by Gasteiger charge is -2.07. The van der Waals surface area contributed by atoms with E-state index in [2.05, 4.69) is 55.0 Å². The van der Waals surface area contributed by atoms with Gasteiger partial charge >= 0.3 is 0 Å². The van der Waals surface area contributed by atoms with E-state index in [4.69, 9.17) is 0 Å². The van der Waals surface area contributed by atoms with Crippen molar-refractivity contribution in [1.29, 1.82) is 0 Å². The number of rotatable bonds is 5. The summed E-state index contributed by atoms with van der Waals surface area (Å²) < 4.78 is 2.84. The highest BCUT2D eigenvalue weighted by atomic mass is 79.9. The maximum absolute atomic E-state index is 10.1. The second kappa shape index (κ2) is 6.95. The van der Waals surface area contributed by atoms with E-state index in [1.807, 2.05) is 24.6 Å². The van der Waals surface area contributed by atoms with Crippen LogP contribution in [-0.2, 0) is 6.42 Å². The van der Waals surface area contributed by atoms with E-state index in [0.29, 0.717) is 18.7 Å². The van der Waals surface area contributed by atoms with Gasteiger partial charge in [-0.3, -0.25) is 0 Å². The van der Waals surface area contributed by atoms with Crippen molar-refractivity contribution in [3.05, 3.63) is 62.3 Å². The third-order valence-corrected chi connectivity index (χ3v) is 4.78. The lowest BCUT2D eigenvalue weighted by atomic mass is 10.2.